The van der Waals surface area contributed by atoms with Crippen LogP contribution in [0.1, 0.15) is 45.2 Å². The molecule has 0 bridgehead atoms. The molecule has 7 rings (SSSR count). The number of hydrogen-bond acceptors (Lipinski definition) is 9. The molecular weight excluding hydrogens is 566 g/mol. The maximum absolute atomic E-state index is 13.9. The van der Waals surface area contributed by atoms with Crippen molar-refractivity contribution in [3.63, 3.8) is 0 Å². The van der Waals surface area contributed by atoms with E-state index in [1.54, 1.807) is 33.5 Å². The lowest BCUT2D eigenvalue weighted by Crippen LogP contribution is -2.45. The van der Waals surface area contributed by atoms with Gasteiger partial charge in [0.1, 0.15) is 22.3 Å². The molecule has 0 radical (unpaired) electrons. The van der Waals surface area contributed by atoms with Crippen LogP contribution in [0.2, 0.25) is 0 Å². The predicted molar refractivity (Wildman–Crippen MR) is 161 cm³/mol. The first-order valence-electron chi connectivity index (χ1n) is 14.3. The van der Waals surface area contributed by atoms with Crippen LogP contribution in [0.5, 0.6) is 0 Å². The number of carbonyl (C=O) groups is 2. The van der Waals surface area contributed by atoms with Crippen LogP contribution in [0.25, 0.3) is 21.5 Å². The van der Waals surface area contributed by atoms with Crippen LogP contribution >= 0.6 is 11.3 Å². The molecule has 3 aliphatic rings. The number of cyclic esters (lactones) is 1. The third kappa shape index (κ3) is 4.79. The average Bonchev–Trinajstić information content (AvgIpc) is 3.61. The predicted octanol–water partition coefficient (Wildman–Crippen LogP) is 3.77. The number of aryl methyl sites for hydroxylation is 1. The number of benzene rings is 2. The Hall–Kier alpha value is -4.76. The Labute approximate surface area is 251 Å². The standard InChI is InChI=1S/C31H29N7O4S/c1-17-33-26-12-22(28-35-24-8-9-36(2)30(40)27(24)43-28)25(34-20-7-10-37-21(11-20)16-42-31(37)41)13-23(26)29(39)38(17)15-19-5-3-18(14-32)4-6-19/h3-6,12-13,20-21,34H,7-11,15-16H2,1-2H3/t20-,21-/m0/s1. The smallest absolute Gasteiger partial charge is 0.410 e. The number of aromatic nitrogens is 3. The monoisotopic (exact) mass is 595 g/mol. The first kappa shape index (κ1) is 27.1. The largest absolute Gasteiger partial charge is 0.447 e. The highest BCUT2D eigenvalue weighted by Crippen LogP contribution is 2.38. The van der Waals surface area contributed by atoms with Crippen LogP contribution in [-0.2, 0) is 17.7 Å². The lowest BCUT2D eigenvalue weighted by molar-refractivity contribution is 0.0785. The van der Waals surface area contributed by atoms with Crippen molar-refractivity contribution >= 4 is 39.9 Å². The van der Waals surface area contributed by atoms with E-state index < -0.39 is 0 Å². The van der Waals surface area contributed by atoms with Crippen LogP contribution in [0.4, 0.5) is 10.5 Å². The molecule has 1 N–H and O–H groups in total. The Balaban J connectivity index is 1.31. The molecule has 2 fully saturated rings. The topological polar surface area (TPSA) is 133 Å². The number of anilines is 1. The first-order chi connectivity index (χ1) is 20.8. The number of rotatable bonds is 5. The third-order valence-electron chi connectivity index (χ3n) is 8.57. The van der Waals surface area contributed by atoms with E-state index in [0.29, 0.717) is 64.8 Å². The molecule has 2 aromatic heterocycles. The second-order valence-corrected chi connectivity index (χ2v) is 12.3. The van der Waals surface area contributed by atoms with Crippen LogP contribution in [0, 0.1) is 18.3 Å². The van der Waals surface area contributed by atoms with E-state index in [9.17, 15) is 14.4 Å². The van der Waals surface area contributed by atoms with Crippen molar-refractivity contribution in [3.8, 4) is 16.6 Å². The van der Waals surface area contributed by atoms with E-state index in [0.717, 1.165) is 35.3 Å². The van der Waals surface area contributed by atoms with Gasteiger partial charge in [0.2, 0.25) is 0 Å². The lowest BCUT2D eigenvalue weighted by atomic mass is 9.97. The van der Waals surface area contributed by atoms with Gasteiger partial charge in [-0.3, -0.25) is 14.2 Å². The summed E-state index contributed by atoms with van der Waals surface area (Å²) in [6.07, 6.45) is 1.88. The van der Waals surface area contributed by atoms with Gasteiger partial charge in [-0.25, -0.2) is 14.8 Å². The molecule has 0 aliphatic carbocycles. The minimum absolute atomic E-state index is 0.0111. The van der Waals surface area contributed by atoms with E-state index in [4.69, 9.17) is 20.0 Å². The summed E-state index contributed by atoms with van der Waals surface area (Å²) in [6.45, 7) is 3.73. The van der Waals surface area contributed by atoms with Gasteiger partial charge in [-0.1, -0.05) is 12.1 Å². The van der Waals surface area contributed by atoms with Crippen molar-refractivity contribution in [2.24, 2.45) is 0 Å². The molecule has 0 saturated carbocycles. The van der Waals surface area contributed by atoms with E-state index in [1.165, 1.54) is 11.3 Å². The normalized spacial score (nSPS) is 19.7. The molecule has 2 atom stereocenters. The zero-order chi connectivity index (χ0) is 29.8. The number of nitrogens with one attached hydrogen (secondary N) is 1. The van der Waals surface area contributed by atoms with Gasteiger partial charge >= 0.3 is 6.09 Å². The van der Waals surface area contributed by atoms with Crippen LogP contribution in [-0.4, -0.2) is 75.2 Å². The number of nitrogens with zero attached hydrogens (tertiary/aromatic N) is 6. The van der Waals surface area contributed by atoms with Gasteiger partial charge in [-0.15, -0.1) is 11.3 Å². The minimum Gasteiger partial charge on any atom is -0.447 e. The number of carbonyl (C=O) groups excluding carboxylic acids is 2. The molecule has 2 saturated heterocycles. The second-order valence-electron chi connectivity index (χ2n) is 11.3. The van der Waals surface area contributed by atoms with E-state index in [2.05, 4.69) is 11.4 Å². The third-order valence-corrected chi connectivity index (χ3v) is 9.69. The molecule has 3 aliphatic heterocycles. The summed E-state index contributed by atoms with van der Waals surface area (Å²) >= 11 is 1.37. The minimum atomic E-state index is -0.262. The first-order valence-corrected chi connectivity index (χ1v) is 15.1. The van der Waals surface area contributed by atoms with E-state index in [-0.39, 0.29) is 29.6 Å². The summed E-state index contributed by atoms with van der Waals surface area (Å²) in [5.41, 5.74) is 4.18. The Morgan fingerprint density at radius 2 is 1.95 bits per heavy atom. The molecule has 4 aromatic rings. The van der Waals surface area contributed by atoms with Crippen molar-refractivity contribution < 1.29 is 14.3 Å². The number of ether oxygens (including phenoxy) is 1. The molecule has 11 nitrogen and oxygen atoms in total. The van der Waals surface area contributed by atoms with E-state index in [1.807, 2.05) is 31.2 Å². The highest BCUT2D eigenvalue weighted by Gasteiger charge is 2.38. The Morgan fingerprint density at radius 3 is 2.74 bits per heavy atom. The Morgan fingerprint density at radius 1 is 1.14 bits per heavy atom. The van der Waals surface area contributed by atoms with Gasteiger partial charge < -0.3 is 19.9 Å². The lowest BCUT2D eigenvalue weighted by Gasteiger charge is -2.33. The maximum Gasteiger partial charge on any atom is 0.410 e. The van der Waals surface area contributed by atoms with Gasteiger partial charge in [-0.05, 0) is 49.6 Å². The van der Waals surface area contributed by atoms with Crippen LogP contribution < -0.4 is 10.9 Å². The van der Waals surface area contributed by atoms with Crippen molar-refractivity contribution in [2.75, 3.05) is 32.1 Å². The highest BCUT2D eigenvalue weighted by atomic mass is 32.1. The summed E-state index contributed by atoms with van der Waals surface area (Å²) in [7, 11) is 1.80. The quantitative estimate of drug-likeness (QED) is 0.369. The molecule has 0 spiro atoms. The summed E-state index contributed by atoms with van der Waals surface area (Å²) in [5.74, 6) is 0.542. The second kappa shape index (κ2) is 10.5. The van der Waals surface area contributed by atoms with Crippen LogP contribution in [0.15, 0.2) is 41.2 Å². The number of hydrogen-bond donors (Lipinski definition) is 1. The van der Waals surface area contributed by atoms with Crippen molar-refractivity contribution in [3.05, 3.63) is 74.3 Å². The van der Waals surface area contributed by atoms with Gasteiger partial charge in [0.25, 0.3) is 11.5 Å². The molecule has 0 unspecified atom stereocenters. The zero-order valence-electron chi connectivity index (χ0n) is 23.8. The molecule has 2 aromatic carbocycles. The molecule has 43 heavy (non-hydrogen) atoms. The van der Waals surface area contributed by atoms with Gasteiger partial charge in [0.15, 0.2) is 0 Å². The molecule has 2 amide bonds. The number of thiazole rings is 1. The highest BCUT2D eigenvalue weighted by molar-refractivity contribution is 7.17. The summed E-state index contributed by atoms with van der Waals surface area (Å²) < 4.78 is 6.91. The Kier molecular flexibility index (Phi) is 6.62. The fourth-order valence-corrected chi connectivity index (χ4v) is 7.27. The summed E-state index contributed by atoms with van der Waals surface area (Å²) in [6, 6.07) is 13.1. The number of piperidine rings is 1. The van der Waals surface area contributed by atoms with Gasteiger partial charge in [0.05, 0.1) is 40.8 Å². The van der Waals surface area contributed by atoms with Gasteiger partial charge in [0, 0.05) is 43.9 Å². The van der Waals surface area contributed by atoms with Crippen LogP contribution in [0.3, 0.4) is 0 Å². The number of nitriles is 1. The van der Waals surface area contributed by atoms with E-state index >= 15 is 0 Å². The molecule has 5 heterocycles. The molecular formula is C31H29N7O4S. The van der Waals surface area contributed by atoms with Crippen molar-refractivity contribution in [1.82, 2.24) is 24.3 Å². The van der Waals surface area contributed by atoms with Crippen molar-refractivity contribution in [2.45, 2.75) is 44.8 Å². The SMILES string of the molecule is Cc1nc2cc(-c3nc4c(s3)C(=O)N(C)CC4)c(N[C@H]3CCN4C(=O)OC[C@@H]4C3)cc2c(=O)n1Cc1ccc(C#N)cc1. The average molecular weight is 596 g/mol. The number of fused-ring (bicyclic) bond motifs is 3. The zero-order valence-corrected chi connectivity index (χ0v) is 24.6. The number of amides is 2. The molecule has 218 valence electrons. The van der Waals surface area contributed by atoms with Gasteiger partial charge in [-0.2, -0.15) is 5.26 Å². The maximum atomic E-state index is 13.9. The molecule has 12 heteroatoms. The van der Waals surface area contributed by atoms with Crippen molar-refractivity contribution in [1.29, 1.82) is 5.26 Å². The Bertz CT molecular complexity index is 1890. The fourth-order valence-electron chi connectivity index (χ4n) is 6.13. The summed E-state index contributed by atoms with van der Waals surface area (Å²) in [5, 5.41) is 14.0. The fraction of sp³-hybridized carbons (Fsp3) is 0.355. The number of likely N-dealkylation sites (N-methyl/N-ethyl adjacent to an activating group) is 1. The summed E-state index contributed by atoms with van der Waals surface area (Å²) in [4.78, 5) is 52.7.